The van der Waals surface area contributed by atoms with Crippen LogP contribution in [0.1, 0.15) is 43.4 Å². The van der Waals surface area contributed by atoms with Gasteiger partial charge in [0.15, 0.2) is 11.5 Å². The summed E-state index contributed by atoms with van der Waals surface area (Å²) in [6.45, 7) is 3.96. The third-order valence-corrected chi connectivity index (χ3v) is 7.35. The lowest BCUT2D eigenvalue weighted by Crippen LogP contribution is -2.43. The van der Waals surface area contributed by atoms with Gasteiger partial charge < -0.3 is 14.8 Å². The minimum atomic E-state index is -1.20. The minimum absolute atomic E-state index is 0.0829. The number of ether oxygens (including phenoxy) is 2. The van der Waals surface area contributed by atoms with Crippen LogP contribution in [-0.4, -0.2) is 48.2 Å². The number of nitrogens with zero attached hydrogens (tertiary/aromatic N) is 2. The van der Waals surface area contributed by atoms with E-state index in [1.165, 1.54) is 4.90 Å². The topological polar surface area (TPSA) is 71.1 Å². The van der Waals surface area contributed by atoms with E-state index < -0.39 is 11.6 Å². The number of nitrogens with one attached hydrogen (secondary N) is 1. The van der Waals surface area contributed by atoms with Gasteiger partial charge in [0.1, 0.15) is 5.54 Å². The fourth-order valence-electron chi connectivity index (χ4n) is 4.77. The van der Waals surface area contributed by atoms with Crippen LogP contribution < -0.4 is 14.8 Å². The highest BCUT2D eigenvalue weighted by atomic mass is 35.5. The van der Waals surface area contributed by atoms with Gasteiger partial charge in [-0.05, 0) is 55.2 Å². The van der Waals surface area contributed by atoms with E-state index in [2.05, 4.69) is 10.2 Å². The summed E-state index contributed by atoms with van der Waals surface area (Å²) < 4.78 is 11.6. The zero-order chi connectivity index (χ0) is 23.2. The number of carbonyl (C=O) groups is 2. The summed E-state index contributed by atoms with van der Waals surface area (Å²) in [5.41, 5.74) is 0.491. The molecule has 2 fully saturated rings. The van der Waals surface area contributed by atoms with Gasteiger partial charge in [-0.2, -0.15) is 0 Å². The van der Waals surface area contributed by atoms with Gasteiger partial charge in [-0.3, -0.25) is 9.69 Å². The second kappa shape index (κ2) is 8.70. The summed E-state index contributed by atoms with van der Waals surface area (Å²) in [4.78, 5) is 29.7. The average molecular weight is 490 g/mol. The van der Waals surface area contributed by atoms with Crippen molar-refractivity contribution < 1.29 is 19.1 Å². The maximum Gasteiger partial charge on any atom is 0.326 e. The number of fused-ring (bicyclic) bond motifs is 1. The van der Waals surface area contributed by atoms with Gasteiger partial charge in [0, 0.05) is 19.0 Å². The van der Waals surface area contributed by atoms with E-state index in [1.54, 1.807) is 25.1 Å². The smallest absolute Gasteiger partial charge is 0.326 e. The number of amides is 3. The van der Waals surface area contributed by atoms with Crippen molar-refractivity contribution in [3.8, 4) is 11.5 Å². The number of halogens is 2. The highest BCUT2D eigenvalue weighted by molar-refractivity contribution is 6.42. The van der Waals surface area contributed by atoms with Crippen molar-refractivity contribution in [2.75, 3.05) is 26.4 Å². The first-order chi connectivity index (χ1) is 15.9. The summed E-state index contributed by atoms with van der Waals surface area (Å²) in [5.74, 6) is 1.20. The Kier molecular flexibility index (Phi) is 5.89. The van der Waals surface area contributed by atoms with Crippen LogP contribution in [0.3, 0.4) is 0 Å². The molecule has 0 saturated carbocycles. The number of urea groups is 1. The number of hydrogen-bond donors (Lipinski definition) is 1. The number of benzene rings is 2. The first kappa shape index (κ1) is 22.3. The van der Waals surface area contributed by atoms with Crippen LogP contribution in [0.15, 0.2) is 36.4 Å². The highest BCUT2D eigenvalue weighted by Gasteiger charge is 2.50. The molecule has 7 nitrogen and oxygen atoms in total. The fraction of sp³-hybridized carbons (Fsp3) is 0.417. The molecule has 0 radical (unpaired) electrons. The third-order valence-electron chi connectivity index (χ3n) is 6.61. The number of rotatable bonds is 4. The van der Waals surface area contributed by atoms with Crippen LogP contribution in [0.2, 0.25) is 10.0 Å². The molecule has 0 unspecified atom stereocenters. The molecule has 3 amide bonds. The Hall–Kier alpha value is -2.48. The SMILES string of the molecule is C[C@]1(c2ccc(Cl)c(Cl)c2)NC(=O)N(CN2CCC[C@@H]2c2ccc3c(c2)OCCCO3)C1=O. The first-order valence-corrected chi connectivity index (χ1v) is 11.9. The molecule has 1 N–H and O–H groups in total. The summed E-state index contributed by atoms with van der Waals surface area (Å²) >= 11 is 12.2. The van der Waals surface area contributed by atoms with Gasteiger partial charge in [0.05, 0.1) is 29.9 Å². The van der Waals surface area contributed by atoms with Crippen molar-refractivity contribution in [3.63, 3.8) is 0 Å². The molecule has 2 atom stereocenters. The van der Waals surface area contributed by atoms with Gasteiger partial charge in [-0.15, -0.1) is 0 Å². The maximum absolute atomic E-state index is 13.4. The molecule has 33 heavy (non-hydrogen) atoms. The van der Waals surface area contributed by atoms with E-state index in [0.29, 0.717) is 28.8 Å². The number of likely N-dealkylation sites (tertiary alicyclic amines) is 1. The third kappa shape index (κ3) is 4.03. The van der Waals surface area contributed by atoms with Crippen molar-refractivity contribution >= 4 is 35.1 Å². The van der Waals surface area contributed by atoms with E-state index in [-0.39, 0.29) is 18.6 Å². The molecule has 9 heteroatoms. The molecular weight excluding hydrogens is 465 g/mol. The Morgan fingerprint density at radius 1 is 1.03 bits per heavy atom. The molecular formula is C24H25Cl2N3O4. The molecule has 3 aliphatic heterocycles. The second-order valence-corrected chi connectivity index (χ2v) is 9.60. The first-order valence-electron chi connectivity index (χ1n) is 11.1. The fourth-order valence-corrected chi connectivity index (χ4v) is 5.07. The van der Waals surface area contributed by atoms with E-state index in [0.717, 1.165) is 42.9 Å². The van der Waals surface area contributed by atoms with Crippen molar-refractivity contribution in [1.82, 2.24) is 15.1 Å². The van der Waals surface area contributed by atoms with Gasteiger partial charge in [-0.1, -0.05) is 35.3 Å². The lowest BCUT2D eigenvalue weighted by molar-refractivity contribution is -0.132. The summed E-state index contributed by atoms with van der Waals surface area (Å²) in [6.07, 6.45) is 2.77. The Morgan fingerprint density at radius 3 is 2.61 bits per heavy atom. The van der Waals surface area contributed by atoms with Crippen molar-refractivity contribution in [2.45, 2.75) is 37.8 Å². The summed E-state index contributed by atoms with van der Waals surface area (Å²) in [5, 5.41) is 3.58. The quantitative estimate of drug-likeness (QED) is 0.629. The van der Waals surface area contributed by atoms with Gasteiger partial charge in [0.25, 0.3) is 5.91 Å². The Morgan fingerprint density at radius 2 is 1.82 bits per heavy atom. The van der Waals surface area contributed by atoms with Crippen LogP contribution in [-0.2, 0) is 10.3 Å². The maximum atomic E-state index is 13.4. The van der Waals surface area contributed by atoms with E-state index >= 15 is 0 Å². The molecule has 174 valence electrons. The standard InChI is InChI=1S/C24H25Cl2N3O4/c1-24(16-6-7-17(25)18(26)13-16)22(30)29(23(31)27-24)14-28-9-2-4-19(28)15-5-8-20-21(12-15)33-11-3-10-32-20/h5-8,12-13,19H,2-4,9-11,14H2,1H3,(H,27,31)/t19-,24-/m1/s1. The molecule has 3 aliphatic rings. The largest absolute Gasteiger partial charge is 0.490 e. The number of carbonyl (C=O) groups excluding carboxylic acids is 2. The molecule has 0 bridgehead atoms. The van der Waals surface area contributed by atoms with Gasteiger partial charge in [0.2, 0.25) is 0 Å². The van der Waals surface area contributed by atoms with Crippen LogP contribution in [0.5, 0.6) is 11.5 Å². The summed E-state index contributed by atoms with van der Waals surface area (Å²) in [6, 6.07) is 10.7. The molecule has 2 aromatic carbocycles. The van der Waals surface area contributed by atoms with E-state index in [9.17, 15) is 9.59 Å². The Labute approximate surface area is 202 Å². The highest BCUT2D eigenvalue weighted by Crippen LogP contribution is 2.39. The van der Waals surface area contributed by atoms with E-state index in [4.69, 9.17) is 32.7 Å². The van der Waals surface area contributed by atoms with Crippen LogP contribution in [0.4, 0.5) is 4.79 Å². The van der Waals surface area contributed by atoms with Crippen LogP contribution in [0, 0.1) is 0 Å². The van der Waals surface area contributed by atoms with Gasteiger partial charge >= 0.3 is 6.03 Å². The number of imide groups is 1. The van der Waals surface area contributed by atoms with Crippen molar-refractivity contribution in [1.29, 1.82) is 0 Å². The molecule has 0 aliphatic carbocycles. The van der Waals surface area contributed by atoms with E-state index in [1.807, 2.05) is 18.2 Å². The molecule has 0 aromatic heterocycles. The van der Waals surface area contributed by atoms with Crippen LogP contribution in [0.25, 0.3) is 0 Å². The monoisotopic (exact) mass is 489 g/mol. The Bertz CT molecular complexity index is 1110. The molecule has 0 spiro atoms. The zero-order valence-corrected chi connectivity index (χ0v) is 19.8. The lowest BCUT2D eigenvalue weighted by Gasteiger charge is -2.29. The molecule has 2 aromatic rings. The Balaban J connectivity index is 1.36. The normalized spacial score (nSPS) is 25.3. The van der Waals surface area contributed by atoms with Crippen molar-refractivity contribution in [3.05, 3.63) is 57.6 Å². The second-order valence-electron chi connectivity index (χ2n) is 8.79. The summed E-state index contributed by atoms with van der Waals surface area (Å²) in [7, 11) is 0. The lowest BCUT2D eigenvalue weighted by atomic mass is 9.92. The van der Waals surface area contributed by atoms with Gasteiger partial charge in [-0.25, -0.2) is 9.69 Å². The average Bonchev–Trinajstić information content (AvgIpc) is 3.24. The van der Waals surface area contributed by atoms with Crippen molar-refractivity contribution in [2.24, 2.45) is 0 Å². The molecule has 3 heterocycles. The predicted octanol–water partition coefficient (Wildman–Crippen LogP) is 4.72. The molecule has 2 saturated heterocycles. The van der Waals surface area contributed by atoms with Crippen LogP contribution >= 0.6 is 23.2 Å². The minimum Gasteiger partial charge on any atom is -0.490 e. The predicted molar refractivity (Wildman–Crippen MR) is 125 cm³/mol. The number of hydrogen-bond acceptors (Lipinski definition) is 5. The molecule has 5 rings (SSSR count). The zero-order valence-electron chi connectivity index (χ0n) is 18.3.